The van der Waals surface area contributed by atoms with Gasteiger partial charge in [-0.3, -0.25) is 9.97 Å². The van der Waals surface area contributed by atoms with Gasteiger partial charge in [0.25, 0.3) is 0 Å². The summed E-state index contributed by atoms with van der Waals surface area (Å²) < 4.78 is 3.29. The van der Waals surface area contributed by atoms with Crippen LogP contribution in [0.2, 0.25) is 0 Å². The lowest BCUT2D eigenvalue weighted by molar-refractivity contribution is 0.567. The van der Waals surface area contributed by atoms with Crippen LogP contribution in [0.25, 0.3) is 15.6 Å². The summed E-state index contributed by atoms with van der Waals surface area (Å²) in [6.07, 6.45) is 7.69. The number of hydrogen-bond acceptors (Lipinski definition) is 4. The van der Waals surface area contributed by atoms with Gasteiger partial charge in [0.1, 0.15) is 0 Å². The molecule has 5 rings (SSSR count). The third kappa shape index (κ3) is 7.47. The highest BCUT2D eigenvalue weighted by Gasteiger charge is 2.16. The molecule has 0 fully saturated rings. The van der Waals surface area contributed by atoms with Crippen molar-refractivity contribution in [1.29, 1.82) is 0 Å². The fraction of sp³-hybridized carbons (Fsp3) is 0.387. The molecule has 0 N–H and O–H groups in total. The van der Waals surface area contributed by atoms with Crippen LogP contribution in [0.5, 0.6) is 0 Å². The Balaban J connectivity index is 0.000000152. The third-order valence-electron chi connectivity index (χ3n) is 5.73. The van der Waals surface area contributed by atoms with Crippen molar-refractivity contribution in [1.82, 2.24) is 19.4 Å². The van der Waals surface area contributed by atoms with Gasteiger partial charge in [-0.15, -0.1) is 11.3 Å². The van der Waals surface area contributed by atoms with Gasteiger partial charge in [0.05, 0.1) is 11.0 Å². The molecular weight excluding hydrogens is 460 g/mol. The fourth-order valence-electron chi connectivity index (χ4n) is 3.43. The molecule has 36 heavy (non-hydrogen) atoms. The van der Waals surface area contributed by atoms with Gasteiger partial charge in [-0.2, -0.15) is 0 Å². The zero-order valence-electron chi connectivity index (χ0n) is 23.2. The van der Waals surface area contributed by atoms with Gasteiger partial charge in [-0.1, -0.05) is 68.4 Å². The molecule has 0 bridgehead atoms. The van der Waals surface area contributed by atoms with Crippen LogP contribution >= 0.6 is 11.3 Å². The molecule has 0 aliphatic heterocycles. The zero-order chi connectivity index (χ0) is 26.6. The number of aromatic nitrogens is 4. The van der Waals surface area contributed by atoms with Crippen LogP contribution in [-0.4, -0.2) is 19.4 Å². The predicted molar refractivity (Wildman–Crippen MR) is 155 cm³/mol. The summed E-state index contributed by atoms with van der Waals surface area (Å²) in [4.78, 5) is 13.1. The Kier molecular flexibility index (Phi) is 8.35. The summed E-state index contributed by atoms with van der Waals surface area (Å²) in [6.45, 7) is 19.6. The second-order valence-corrected chi connectivity index (χ2v) is 13.1. The Bertz CT molecular complexity index is 1290. The van der Waals surface area contributed by atoms with Crippen LogP contribution in [0.4, 0.5) is 0 Å². The molecule has 0 atom stereocenters. The number of hydrogen-bond donors (Lipinski definition) is 0. The molecular formula is C31H40N4S. The number of pyridine rings is 2. The molecule has 0 saturated carbocycles. The maximum absolute atomic E-state index is 4.46. The summed E-state index contributed by atoms with van der Waals surface area (Å²) in [5.41, 5.74) is 5.12. The van der Waals surface area contributed by atoms with Crippen LogP contribution in [0, 0.1) is 0 Å². The highest BCUT2D eigenvalue weighted by Crippen LogP contribution is 2.26. The van der Waals surface area contributed by atoms with E-state index in [-0.39, 0.29) is 16.2 Å². The molecule has 190 valence electrons. The van der Waals surface area contributed by atoms with Gasteiger partial charge >= 0.3 is 0 Å². The van der Waals surface area contributed by atoms with Crippen LogP contribution in [0.15, 0.2) is 78.8 Å². The van der Waals surface area contributed by atoms with Gasteiger partial charge in [-0.05, 0) is 53.2 Å². The minimum atomic E-state index is 0.131. The smallest absolute Gasteiger partial charge is 0.0994 e. The van der Waals surface area contributed by atoms with Crippen molar-refractivity contribution in [3.63, 3.8) is 0 Å². The van der Waals surface area contributed by atoms with Gasteiger partial charge < -0.3 is 4.40 Å². The Morgan fingerprint density at radius 3 is 1.92 bits per heavy atom. The van der Waals surface area contributed by atoms with E-state index in [2.05, 4.69) is 113 Å². The van der Waals surface area contributed by atoms with E-state index < -0.39 is 0 Å². The highest BCUT2D eigenvalue weighted by atomic mass is 32.1. The number of thiophene rings is 1. The molecule has 5 aromatic rings. The van der Waals surface area contributed by atoms with Crippen molar-refractivity contribution in [2.45, 2.75) is 78.6 Å². The van der Waals surface area contributed by atoms with Crippen molar-refractivity contribution < 1.29 is 0 Å². The minimum absolute atomic E-state index is 0.131. The molecule has 0 radical (unpaired) electrons. The molecule has 0 aromatic carbocycles. The van der Waals surface area contributed by atoms with Crippen molar-refractivity contribution in [3.8, 4) is 0 Å². The molecule has 0 saturated heterocycles. The maximum Gasteiger partial charge on any atom is 0.0994 e. The fourth-order valence-corrected chi connectivity index (χ4v) is 4.17. The Hall–Kier alpha value is -3.05. The standard InChI is InChI=1S/C11H14N2.C11H13NS.C9H13N/c1-11(2,3)10-7-9-5-4-6-13(9)8-12-10;1-11(2,3)10-6-8-4-5-13-9(8)7-12-10;1-9(2,3)8-6-4-5-7-10-8/h4-8H,1-3H3;4-7H,1-3H3;4-7H,1-3H3. The molecule has 0 unspecified atom stereocenters. The summed E-state index contributed by atoms with van der Waals surface area (Å²) in [5, 5.41) is 3.42. The van der Waals surface area contributed by atoms with E-state index in [4.69, 9.17) is 0 Å². The Labute approximate surface area is 220 Å². The number of fused-ring (bicyclic) bond motifs is 2. The lowest BCUT2D eigenvalue weighted by atomic mass is 9.91. The molecule has 0 aliphatic rings. The summed E-state index contributed by atoms with van der Waals surface area (Å²) in [7, 11) is 0. The molecule has 0 amide bonds. The van der Waals surface area contributed by atoms with E-state index in [1.807, 2.05) is 47.5 Å². The van der Waals surface area contributed by atoms with E-state index >= 15 is 0 Å². The van der Waals surface area contributed by atoms with Gasteiger partial charge in [0.15, 0.2) is 0 Å². The number of nitrogens with zero attached hydrogens (tertiary/aromatic N) is 4. The summed E-state index contributed by atoms with van der Waals surface area (Å²) in [5.74, 6) is 0. The monoisotopic (exact) mass is 500 g/mol. The van der Waals surface area contributed by atoms with Crippen LogP contribution in [0.3, 0.4) is 0 Å². The lowest BCUT2D eigenvalue weighted by Gasteiger charge is -2.17. The highest BCUT2D eigenvalue weighted by molar-refractivity contribution is 7.17. The van der Waals surface area contributed by atoms with Crippen LogP contribution in [-0.2, 0) is 16.2 Å². The maximum atomic E-state index is 4.46. The SMILES string of the molecule is CC(C)(C)c1cc2cccn2cn1.CC(C)(C)c1cc2ccsc2cn1.CC(C)(C)c1ccccn1. The molecule has 5 heterocycles. The van der Waals surface area contributed by atoms with Crippen molar-refractivity contribution >= 4 is 26.9 Å². The molecule has 5 aromatic heterocycles. The van der Waals surface area contributed by atoms with Crippen molar-refractivity contribution in [3.05, 3.63) is 95.9 Å². The first-order chi connectivity index (χ1) is 16.7. The predicted octanol–water partition coefficient (Wildman–Crippen LogP) is 8.60. The minimum Gasteiger partial charge on any atom is -0.308 e. The summed E-state index contributed by atoms with van der Waals surface area (Å²) in [6, 6.07) is 16.6. The zero-order valence-corrected chi connectivity index (χ0v) is 24.0. The lowest BCUT2D eigenvalue weighted by Crippen LogP contribution is -2.13. The second kappa shape index (κ2) is 10.9. The quantitative estimate of drug-likeness (QED) is 0.214. The van der Waals surface area contributed by atoms with E-state index in [1.54, 1.807) is 11.3 Å². The van der Waals surface area contributed by atoms with Crippen molar-refractivity contribution in [2.24, 2.45) is 0 Å². The van der Waals surface area contributed by atoms with E-state index in [1.165, 1.54) is 21.3 Å². The number of rotatable bonds is 0. The topological polar surface area (TPSA) is 43.1 Å². The Morgan fingerprint density at radius 1 is 0.667 bits per heavy atom. The first kappa shape index (κ1) is 27.5. The first-order valence-electron chi connectivity index (χ1n) is 12.4. The van der Waals surface area contributed by atoms with Gasteiger partial charge in [-0.25, -0.2) is 4.98 Å². The molecule has 0 spiro atoms. The van der Waals surface area contributed by atoms with E-state index in [0.29, 0.717) is 0 Å². The summed E-state index contributed by atoms with van der Waals surface area (Å²) >= 11 is 1.74. The molecule has 4 nitrogen and oxygen atoms in total. The second-order valence-electron chi connectivity index (χ2n) is 12.1. The van der Waals surface area contributed by atoms with Gasteiger partial charge in [0, 0.05) is 57.4 Å². The third-order valence-corrected chi connectivity index (χ3v) is 6.60. The average molecular weight is 501 g/mol. The largest absolute Gasteiger partial charge is 0.308 e. The molecule has 0 aliphatic carbocycles. The average Bonchev–Trinajstić information content (AvgIpc) is 3.47. The van der Waals surface area contributed by atoms with Crippen LogP contribution < -0.4 is 0 Å². The Morgan fingerprint density at radius 2 is 1.33 bits per heavy atom. The van der Waals surface area contributed by atoms with E-state index in [9.17, 15) is 0 Å². The molecule has 5 heteroatoms. The van der Waals surface area contributed by atoms with Crippen LogP contribution in [0.1, 0.15) is 79.4 Å². The normalized spacial score (nSPS) is 12.0. The van der Waals surface area contributed by atoms with Gasteiger partial charge in [0.2, 0.25) is 0 Å². The van der Waals surface area contributed by atoms with Crippen molar-refractivity contribution in [2.75, 3.05) is 0 Å². The van der Waals surface area contributed by atoms with E-state index in [0.717, 1.165) is 11.4 Å². The first-order valence-corrected chi connectivity index (χ1v) is 13.3.